The molecule has 1 atom stereocenters. The van der Waals surface area contributed by atoms with Crippen molar-refractivity contribution in [3.63, 3.8) is 0 Å². The Hall–Kier alpha value is -1.91. The summed E-state index contributed by atoms with van der Waals surface area (Å²) >= 11 is 0. The molecule has 0 amide bonds. The number of hydrogen-bond acceptors (Lipinski definition) is 3. The SMILES string of the molecule is Cc1ccc2c(c1)nnn2C(C)CC(=O)O. The van der Waals surface area contributed by atoms with Crippen LogP contribution in [0.4, 0.5) is 0 Å². The fourth-order valence-electron chi connectivity index (χ4n) is 1.72. The van der Waals surface area contributed by atoms with Crippen molar-refractivity contribution < 1.29 is 9.90 Å². The molecule has 1 unspecified atom stereocenters. The van der Waals surface area contributed by atoms with Crippen LogP contribution < -0.4 is 0 Å². The molecule has 2 aromatic rings. The molecular weight excluding hydrogens is 206 g/mol. The van der Waals surface area contributed by atoms with Gasteiger partial charge in [-0.1, -0.05) is 11.3 Å². The van der Waals surface area contributed by atoms with Gasteiger partial charge in [0.05, 0.1) is 18.0 Å². The Morgan fingerprint density at radius 2 is 2.31 bits per heavy atom. The van der Waals surface area contributed by atoms with Crippen molar-refractivity contribution in [1.29, 1.82) is 0 Å². The number of fused-ring (bicyclic) bond motifs is 1. The smallest absolute Gasteiger partial charge is 0.305 e. The number of rotatable bonds is 3. The molecule has 0 saturated carbocycles. The number of carboxylic acid groups (broad SMARTS) is 1. The van der Waals surface area contributed by atoms with E-state index in [4.69, 9.17) is 5.11 Å². The molecule has 0 aliphatic rings. The van der Waals surface area contributed by atoms with E-state index in [1.165, 1.54) is 0 Å². The number of hydrogen-bond donors (Lipinski definition) is 1. The highest BCUT2D eigenvalue weighted by molar-refractivity contribution is 5.75. The number of carbonyl (C=O) groups is 1. The van der Waals surface area contributed by atoms with Crippen molar-refractivity contribution in [3.05, 3.63) is 23.8 Å². The monoisotopic (exact) mass is 219 g/mol. The number of carboxylic acids is 1. The molecule has 0 radical (unpaired) electrons. The van der Waals surface area contributed by atoms with Gasteiger partial charge in [-0.25, -0.2) is 4.68 Å². The van der Waals surface area contributed by atoms with Crippen molar-refractivity contribution in [2.24, 2.45) is 0 Å². The van der Waals surface area contributed by atoms with E-state index in [0.717, 1.165) is 16.6 Å². The minimum absolute atomic E-state index is 0.0480. The first-order valence-electron chi connectivity index (χ1n) is 5.11. The van der Waals surface area contributed by atoms with Gasteiger partial charge in [-0.3, -0.25) is 4.79 Å². The Kier molecular flexibility index (Phi) is 2.60. The molecule has 1 aromatic carbocycles. The van der Waals surface area contributed by atoms with Crippen LogP contribution in [0, 0.1) is 6.92 Å². The average molecular weight is 219 g/mol. The summed E-state index contributed by atoms with van der Waals surface area (Å²) in [4.78, 5) is 10.6. The Morgan fingerprint density at radius 3 is 3.00 bits per heavy atom. The van der Waals surface area contributed by atoms with Crippen LogP contribution in [-0.2, 0) is 4.79 Å². The normalized spacial score (nSPS) is 12.9. The molecule has 84 valence electrons. The third-order valence-corrected chi connectivity index (χ3v) is 2.51. The quantitative estimate of drug-likeness (QED) is 0.854. The van der Waals surface area contributed by atoms with E-state index in [1.807, 2.05) is 32.0 Å². The number of nitrogens with zero attached hydrogens (tertiary/aromatic N) is 3. The molecule has 2 rings (SSSR count). The summed E-state index contributed by atoms with van der Waals surface area (Å²) in [6.07, 6.45) is 0.0480. The van der Waals surface area contributed by atoms with Gasteiger partial charge in [0.15, 0.2) is 0 Å². The third kappa shape index (κ3) is 1.88. The summed E-state index contributed by atoms with van der Waals surface area (Å²) in [6, 6.07) is 5.63. The Morgan fingerprint density at radius 1 is 1.56 bits per heavy atom. The Balaban J connectivity index is 2.41. The minimum Gasteiger partial charge on any atom is -0.481 e. The Labute approximate surface area is 92.7 Å². The second-order valence-corrected chi connectivity index (χ2v) is 3.97. The van der Waals surface area contributed by atoms with Crippen molar-refractivity contribution in [2.45, 2.75) is 26.3 Å². The summed E-state index contributed by atoms with van der Waals surface area (Å²) in [5.74, 6) is -0.830. The summed E-state index contributed by atoms with van der Waals surface area (Å²) in [5, 5.41) is 16.8. The predicted octanol–water partition coefficient (Wildman–Crippen LogP) is 1.78. The molecule has 0 fully saturated rings. The van der Waals surface area contributed by atoms with Crippen LogP contribution in [0.5, 0.6) is 0 Å². The van der Waals surface area contributed by atoms with E-state index in [-0.39, 0.29) is 12.5 Å². The molecule has 5 heteroatoms. The molecule has 0 spiro atoms. The largest absolute Gasteiger partial charge is 0.481 e. The summed E-state index contributed by atoms with van der Waals surface area (Å²) in [7, 11) is 0. The summed E-state index contributed by atoms with van der Waals surface area (Å²) < 4.78 is 1.66. The first kappa shape index (κ1) is 10.6. The van der Waals surface area contributed by atoms with Crippen LogP contribution in [0.2, 0.25) is 0 Å². The standard InChI is InChI=1S/C11H13N3O2/c1-7-3-4-10-9(5-7)12-13-14(10)8(2)6-11(15)16/h3-5,8H,6H2,1-2H3,(H,15,16). The lowest BCUT2D eigenvalue weighted by Crippen LogP contribution is -2.11. The van der Waals surface area contributed by atoms with Gasteiger partial charge < -0.3 is 5.11 Å². The van der Waals surface area contributed by atoms with Crippen LogP contribution in [0.1, 0.15) is 24.9 Å². The van der Waals surface area contributed by atoms with Crippen LogP contribution >= 0.6 is 0 Å². The fourth-order valence-corrected chi connectivity index (χ4v) is 1.72. The molecule has 0 bridgehead atoms. The number of benzene rings is 1. The molecule has 0 saturated heterocycles. The average Bonchev–Trinajstić information content (AvgIpc) is 2.59. The first-order chi connectivity index (χ1) is 7.58. The third-order valence-electron chi connectivity index (χ3n) is 2.51. The van der Waals surface area contributed by atoms with Crippen molar-refractivity contribution in [2.75, 3.05) is 0 Å². The van der Waals surface area contributed by atoms with E-state index in [0.29, 0.717) is 0 Å². The molecule has 0 aliphatic carbocycles. The van der Waals surface area contributed by atoms with Crippen molar-refractivity contribution in [3.8, 4) is 0 Å². The van der Waals surface area contributed by atoms with Gasteiger partial charge in [-0.2, -0.15) is 0 Å². The number of aliphatic carboxylic acids is 1. The zero-order chi connectivity index (χ0) is 11.7. The van der Waals surface area contributed by atoms with Crippen LogP contribution in [0.15, 0.2) is 18.2 Å². The highest BCUT2D eigenvalue weighted by Gasteiger charge is 2.14. The molecule has 16 heavy (non-hydrogen) atoms. The summed E-state index contributed by atoms with van der Waals surface area (Å²) in [6.45, 7) is 3.81. The zero-order valence-electron chi connectivity index (χ0n) is 9.21. The van der Waals surface area contributed by atoms with Crippen LogP contribution in [-0.4, -0.2) is 26.1 Å². The van der Waals surface area contributed by atoms with E-state index in [1.54, 1.807) is 4.68 Å². The maximum absolute atomic E-state index is 10.6. The van der Waals surface area contributed by atoms with Gasteiger partial charge in [0, 0.05) is 0 Å². The van der Waals surface area contributed by atoms with Crippen LogP contribution in [0.25, 0.3) is 11.0 Å². The highest BCUT2D eigenvalue weighted by atomic mass is 16.4. The minimum atomic E-state index is -0.830. The second kappa shape index (κ2) is 3.92. The van der Waals surface area contributed by atoms with Gasteiger partial charge in [0.2, 0.25) is 0 Å². The zero-order valence-corrected chi connectivity index (χ0v) is 9.21. The van der Waals surface area contributed by atoms with E-state index >= 15 is 0 Å². The van der Waals surface area contributed by atoms with Gasteiger partial charge in [-0.05, 0) is 31.5 Å². The predicted molar refractivity (Wildman–Crippen MR) is 59.2 cm³/mol. The van der Waals surface area contributed by atoms with Crippen molar-refractivity contribution in [1.82, 2.24) is 15.0 Å². The molecule has 1 aromatic heterocycles. The van der Waals surface area contributed by atoms with Crippen molar-refractivity contribution >= 4 is 17.0 Å². The fraction of sp³-hybridized carbons (Fsp3) is 0.364. The maximum Gasteiger partial charge on any atom is 0.305 e. The molecule has 1 heterocycles. The molecule has 1 N–H and O–H groups in total. The molecule has 5 nitrogen and oxygen atoms in total. The highest BCUT2D eigenvalue weighted by Crippen LogP contribution is 2.18. The topological polar surface area (TPSA) is 68.0 Å². The van der Waals surface area contributed by atoms with Crippen LogP contribution in [0.3, 0.4) is 0 Å². The molecule has 0 aliphatic heterocycles. The van der Waals surface area contributed by atoms with E-state index in [2.05, 4.69) is 10.3 Å². The molecular formula is C11H13N3O2. The number of aromatic nitrogens is 3. The van der Waals surface area contributed by atoms with Gasteiger partial charge in [-0.15, -0.1) is 5.10 Å². The van der Waals surface area contributed by atoms with Gasteiger partial charge >= 0.3 is 5.97 Å². The Bertz CT molecular complexity index is 533. The maximum atomic E-state index is 10.6. The second-order valence-electron chi connectivity index (χ2n) is 3.97. The van der Waals surface area contributed by atoms with E-state index < -0.39 is 5.97 Å². The lowest BCUT2D eigenvalue weighted by molar-refractivity contribution is -0.137. The van der Waals surface area contributed by atoms with Gasteiger partial charge in [0.25, 0.3) is 0 Å². The van der Waals surface area contributed by atoms with Gasteiger partial charge in [0.1, 0.15) is 5.52 Å². The van der Waals surface area contributed by atoms with E-state index in [9.17, 15) is 4.79 Å². The summed E-state index contributed by atoms with van der Waals surface area (Å²) in [5.41, 5.74) is 2.79. The lowest BCUT2D eigenvalue weighted by atomic mass is 10.2. The first-order valence-corrected chi connectivity index (χ1v) is 5.11. The lowest BCUT2D eigenvalue weighted by Gasteiger charge is -2.09. The number of aryl methyl sites for hydroxylation is 1.